The zero-order chi connectivity index (χ0) is 18.1. The number of rotatable bonds is 8. The van der Waals surface area contributed by atoms with Gasteiger partial charge < -0.3 is 20.1 Å². The Bertz CT molecular complexity index is 707. The third-order valence-corrected chi connectivity index (χ3v) is 3.62. The quantitative estimate of drug-likeness (QED) is 0.771. The van der Waals surface area contributed by atoms with Crippen LogP contribution in [0.2, 0.25) is 0 Å². The molecule has 134 valence electrons. The van der Waals surface area contributed by atoms with Crippen molar-refractivity contribution in [2.75, 3.05) is 20.3 Å². The van der Waals surface area contributed by atoms with Crippen LogP contribution in [-0.4, -0.2) is 26.3 Å². The molecule has 0 unspecified atom stereocenters. The average molecular weight is 346 g/mol. The lowest BCUT2D eigenvalue weighted by atomic mass is 10.1. The van der Waals surface area contributed by atoms with Crippen LogP contribution in [0.3, 0.4) is 0 Å². The summed E-state index contributed by atoms with van der Waals surface area (Å²) in [6, 6.07) is 11.7. The van der Waals surface area contributed by atoms with Gasteiger partial charge in [0.05, 0.1) is 13.7 Å². The molecule has 0 spiro atoms. The summed E-state index contributed by atoms with van der Waals surface area (Å²) >= 11 is 0. The molecular weight excluding hydrogens is 323 g/mol. The second kappa shape index (κ2) is 9.52. The molecule has 25 heavy (non-hydrogen) atoms. The molecule has 0 aliphatic heterocycles. The highest BCUT2D eigenvalue weighted by atomic mass is 19.1. The molecule has 0 aliphatic rings. The summed E-state index contributed by atoms with van der Waals surface area (Å²) in [5.74, 6) is 1.04. The first-order chi connectivity index (χ1) is 12.1. The van der Waals surface area contributed by atoms with Gasteiger partial charge in [-0.05, 0) is 42.7 Å². The van der Waals surface area contributed by atoms with Gasteiger partial charge >= 0.3 is 6.03 Å². The van der Waals surface area contributed by atoms with Crippen molar-refractivity contribution in [2.45, 2.75) is 19.9 Å². The molecule has 6 heteroatoms. The number of urea groups is 1. The third-order valence-electron chi connectivity index (χ3n) is 3.62. The number of benzene rings is 2. The molecule has 2 N–H and O–H groups in total. The summed E-state index contributed by atoms with van der Waals surface area (Å²) in [7, 11) is 1.57. The monoisotopic (exact) mass is 346 g/mol. The molecular formula is C19H23FN2O3. The standard InChI is InChI=1S/C19H23FN2O3/c1-3-25-17-9-8-14(12-18(17)24-2)13-22-19(23)21-11-10-15-6-4-5-7-16(15)20/h4-9,12H,3,10-11,13H2,1-2H3,(H2,21,22,23). The van der Waals surface area contributed by atoms with Crippen molar-refractivity contribution in [3.63, 3.8) is 0 Å². The minimum Gasteiger partial charge on any atom is -0.493 e. The number of carbonyl (C=O) groups is 1. The highest BCUT2D eigenvalue weighted by Crippen LogP contribution is 2.27. The number of halogens is 1. The molecule has 5 nitrogen and oxygen atoms in total. The topological polar surface area (TPSA) is 59.6 Å². The Morgan fingerprint density at radius 1 is 1.12 bits per heavy atom. The molecule has 2 amide bonds. The summed E-state index contributed by atoms with van der Waals surface area (Å²) in [5.41, 5.74) is 1.48. The number of carbonyl (C=O) groups excluding carboxylic acids is 1. The number of hydrogen-bond donors (Lipinski definition) is 2. The zero-order valence-electron chi connectivity index (χ0n) is 14.5. The van der Waals surface area contributed by atoms with E-state index in [1.807, 2.05) is 25.1 Å². The SMILES string of the molecule is CCOc1ccc(CNC(=O)NCCc2ccccc2F)cc1OC. The fourth-order valence-corrected chi connectivity index (χ4v) is 2.35. The summed E-state index contributed by atoms with van der Waals surface area (Å²) in [4.78, 5) is 11.8. The lowest BCUT2D eigenvalue weighted by Crippen LogP contribution is -2.36. The first-order valence-corrected chi connectivity index (χ1v) is 8.18. The van der Waals surface area contributed by atoms with Gasteiger partial charge in [0.15, 0.2) is 11.5 Å². The molecule has 0 heterocycles. The van der Waals surface area contributed by atoms with Crippen molar-refractivity contribution >= 4 is 6.03 Å². The van der Waals surface area contributed by atoms with Crippen LogP contribution in [0, 0.1) is 5.82 Å². The number of nitrogens with one attached hydrogen (secondary N) is 2. The van der Waals surface area contributed by atoms with E-state index in [2.05, 4.69) is 10.6 Å². The van der Waals surface area contributed by atoms with E-state index in [-0.39, 0.29) is 11.8 Å². The average Bonchev–Trinajstić information content (AvgIpc) is 2.62. The minimum atomic E-state index is -0.302. The Balaban J connectivity index is 1.79. The number of ether oxygens (including phenoxy) is 2. The van der Waals surface area contributed by atoms with Gasteiger partial charge in [0.25, 0.3) is 0 Å². The molecule has 2 aromatic rings. The van der Waals surface area contributed by atoms with E-state index in [1.165, 1.54) is 6.07 Å². The largest absolute Gasteiger partial charge is 0.493 e. The molecule has 0 saturated carbocycles. The maximum absolute atomic E-state index is 13.5. The predicted octanol–water partition coefficient (Wildman–Crippen LogP) is 3.27. The van der Waals surface area contributed by atoms with Crippen molar-refractivity contribution < 1.29 is 18.7 Å². The van der Waals surface area contributed by atoms with E-state index in [0.29, 0.717) is 43.2 Å². The summed E-state index contributed by atoms with van der Waals surface area (Å²) in [6.07, 6.45) is 0.441. The van der Waals surface area contributed by atoms with Crippen LogP contribution in [0.4, 0.5) is 9.18 Å². The van der Waals surface area contributed by atoms with Crippen molar-refractivity contribution in [3.8, 4) is 11.5 Å². The maximum atomic E-state index is 13.5. The van der Waals surface area contributed by atoms with Crippen molar-refractivity contribution in [3.05, 3.63) is 59.4 Å². The predicted molar refractivity (Wildman–Crippen MR) is 94.5 cm³/mol. The first-order valence-electron chi connectivity index (χ1n) is 8.18. The molecule has 0 radical (unpaired) electrons. The number of methoxy groups -OCH3 is 1. The molecule has 0 saturated heterocycles. The van der Waals surface area contributed by atoms with Crippen molar-refractivity contribution in [1.82, 2.24) is 10.6 Å². The second-order valence-corrected chi connectivity index (χ2v) is 5.37. The van der Waals surface area contributed by atoms with Crippen LogP contribution in [0.1, 0.15) is 18.1 Å². The van der Waals surface area contributed by atoms with Crippen molar-refractivity contribution in [1.29, 1.82) is 0 Å². The van der Waals surface area contributed by atoms with Crippen LogP contribution < -0.4 is 20.1 Å². The summed E-state index contributed by atoms with van der Waals surface area (Å²) in [6.45, 7) is 3.17. The molecule has 0 aromatic heterocycles. The lowest BCUT2D eigenvalue weighted by Gasteiger charge is -2.12. The first kappa shape index (κ1) is 18.6. The van der Waals surface area contributed by atoms with Gasteiger partial charge in [0, 0.05) is 13.1 Å². The number of hydrogen-bond acceptors (Lipinski definition) is 3. The third kappa shape index (κ3) is 5.67. The van der Waals surface area contributed by atoms with Gasteiger partial charge in [-0.15, -0.1) is 0 Å². The molecule has 2 rings (SSSR count). The fourth-order valence-electron chi connectivity index (χ4n) is 2.35. The van der Waals surface area contributed by atoms with E-state index in [1.54, 1.807) is 25.3 Å². The van der Waals surface area contributed by atoms with E-state index >= 15 is 0 Å². The van der Waals surface area contributed by atoms with E-state index in [4.69, 9.17) is 9.47 Å². The van der Waals surface area contributed by atoms with E-state index in [0.717, 1.165) is 5.56 Å². The van der Waals surface area contributed by atoms with E-state index in [9.17, 15) is 9.18 Å². The van der Waals surface area contributed by atoms with Gasteiger partial charge in [0.1, 0.15) is 5.82 Å². The van der Waals surface area contributed by atoms with Gasteiger partial charge in [-0.2, -0.15) is 0 Å². The van der Waals surface area contributed by atoms with Crippen LogP contribution in [0.15, 0.2) is 42.5 Å². The minimum absolute atomic E-state index is 0.258. The Morgan fingerprint density at radius 3 is 2.64 bits per heavy atom. The smallest absolute Gasteiger partial charge is 0.315 e. The van der Waals surface area contributed by atoms with E-state index < -0.39 is 0 Å². The zero-order valence-corrected chi connectivity index (χ0v) is 14.5. The lowest BCUT2D eigenvalue weighted by molar-refractivity contribution is 0.240. The molecule has 2 aromatic carbocycles. The summed E-state index contributed by atoms with van der Waals surface area (Å²) < 4.78 is 24.2. The maximum Gasteiger partial charge on any atom is 0.315 e. The summed E-state index contributed by atoms with van der Waals surface area (Å²) in [5, 5.41) is 5.48. The molecule has 0 bridgehead atoms. The highest BCUT2D eigenvalue weighted by Gasteiger charge is 2.07. The molecule has 0 aliphatic carbocycles. The van der Waals surface area contributed by atoms with Gasteiger partial charge in [0.2, 0.25) is 0 Å². The van der Waals surface area contributed by atoms with Crippen molar-refractivity contribution in [2.24, 2.45) is 0 Å². The molecule has 0 atom stereocenters. The highest BCUT2D eigenvalue weighted by molar-refractivity contribution is 5.73. The van der Waals surface area contributed by atoms with Gasteiger partial charge in [-0.3, -0.25) is 0 Å². The fraction of sp³-hybridized carbons (Fsp3) is 0.316. The van der Waals surface area contributed by atoms with Gasteiger partial charge in [-0.1, -0.05) is 24.3 Å². The Morgan fingerprint density at radius 2 is 1.92 bits per heavy atom. The normalized spacial score (nSPS) is 10.2. The Labute approximate surface area is 147 Å². The van der Waals surface area contributed by atoms with Crippen LogP contribution >= 0.6 is 0 Å². The molecule has 0 fully saturated rings. The van der Waals surface area contributed by atoms with Crippen LogP contribution in [0.5, 0.6) is 11.5 Å². The number of amides is 2. The Kier molecular flexibility index (Phi) is 7.07. The van der Waals surface area contributed by atoms with Gasteiger partial charge in [-0.25, -0.2) is 9.18 Å². The van der Waals surface area contributed by atoms with Crippen LogP contribution in [0.25, 0.3) is 0 Å². The second-order valence-electron chi connectivity index (χ2n) is 5.37. The Hall–Kier alpha value is -2.76. The van der Waals surface area contributed by atoms with Crippen LogP contribution in [-0.2, 0) is 13.0 Å².